The Kier molecular flexibility index (Phi) is 32.4. The van der Waals surface area contributed by atoms with Crippen LogP contribution in [-0.2, 0) is 49.8 Å². The Hall–Kier alpha value is -5.18. The van der Waals surface area contributed by atoms with Gasteiger partial charge in [0.1, 0.15) is 0 Å². The average Bonchev–Trinajstić information content (AvgIpc) is 3.21. The van der Waals surface area contributed by atoms with Crippen molar-refractivity contribution in [2.75, 3.05) is 0 Å². The third kappa shape index (κ3) is 21.5. The molecule has 6 nitrogen and oxygen atoms in total. The van der Waals surface area contributed by atoms with Crippen LogP contribution in [0.5, 0.6) is 0 Å². The van der Waals surface area contributed by atoms with Crippen molar-refractivity contribution in [2.24, 2.45) is 23.7 Å². The van der Waals surface area contributed by atoms with Gasteiger partial charge < -0.3 is 20.2 Å². The van der Waals surface area contributed by atoms with Gasteiger partial charge in [0, 0.05) is 118 Å². The number of carbonyl (C=O) groups excluding carboxylic acids is 2. The summed E-state index contributed by atoms with van der Waals surface area (Å²) >= 11 is 3.70. The van der Waals surface area contributed by atoms with E-state index in [9.17, 15) is 19.8 Å². The van der Waals surface area contributed by atoms with E-state index in [0.717, 1.165) is 85.0 Å². The Balaban J connectivity index is 0.000000315. The van der Waals surface area contributed by atoms with Crippen LogP contribution in [0.2, 0.25) is 0 Å². The van der Waals surface area contributed by atoms with Crippen molar-refractivity contribution < 1.29 is 60.0 Å². The molecule has 0 saturated heterocycles. The molecule has 0 fully saturated rings. The first-order chi connectivity index (χ1) is 40.5. The van der Waals surface area contributed by atoms with Crippen LogP contribution in [0.4, 0.5) is 0 Å². The molecular weight excluding hydrogens is 1470 g/mol. The monoisotopic (exact) mass is 1560 g/mol. The summed E-state index contributed by atoms with van der Waals surface area (Å²) in [5.74, 6) is 2.64. The van der Waals surface area contributed by atoms with E-state index < -0.39 is 0 Å². The van der Waals surface area contributed by atoms with Gasteiger partial charge in [-0.1, -0.05) is 179 Å². The average molecular weight is 1560 g/mol. The first kappa shape index (κ1) is 76.1. The predicted molar refractivity (Wildman–Crippen MR) is 368 cm³/mol. The molecule has 4 aromatic carbocycles. The topological polar surface area (TPSA) is 100 Å². The van der Waals surface area contributed by atoms with Gasteiger partial charge >= 0.3 is 0 Å². The molecule has 4 aromatic heterocycles. The number of aromatic nitrogens is 2. The van der Waals surface area contributed by atoms with E-state index in [0.29, 0.717) is 17.8 Å². The van der Waals surface area contributed by atoms with Gasteiger partial charge in [-0.25, -0.2) is 0 Å². The van der Waals surface area contributed by atoms with E-state index in [1.165, 1.54) is 81.0 Å². The first-order valence-corrected chi connectivity index (χ1v) is 33.1. The molecule has 2 radical (unpaired) electrons. The minimum absolute atomic E-state index is 0. The minimum atomic E-state index is 0. The fourth-order valence-electron chi connectivity index (χ4n) is 10.9. The largest absolute Gasteiger partial charge is 0.512 e. The number of allylic oxidation sites excluding steroid dienone is 4. The van der Waals surface area contributed by atoms with Crippen LogP contribution < -0.4 is 0 Å². The van der Waals surface area contributed by atoms with Gasteiger partial charge in [-0.2, -0.15) is 0 Å². The molecule has 87 heavy (non-hydrogen) atoms. The van der Waals surface area contributed by atoms with Crippen molar-refractivity contribution in [1.29, 1.82) is 0 Å². The maximum atomic E-state index is 11.7. The SMILES string of the molecule is CCC(CC)C(=O)C=C(O)C(CC)CC.CCC(CC)C(=O)C=C(O)C(CC)CC.Cc1[c-]c(-c2cc3sc(-c4c(C(C)C)cccc4C(C)C)cc3cn2)cc(C)c1.Cc1[c-]c(-c2cc3sc(-c4ccc(C(C)C)cc4)cc3cn2)cc(C)c1.[Ir].[Ir]. The normalized spacial score (nSPS) is 11.6. The molecule has 0 aliphatic rings. The molecule has 4 heterocycles. The van der Waals surface area contributed by atoms with E-state index in [1.807, 2.05) is 90.5 Å². The van der Waals surface area contributed by atoms with E-state index in [-0.39, 0.29) is 87.0 Å². The third-order valence-corrected chi connectivity index (χ3v) is 18.6. The van der Waals surface area contributed by atoms with Crippen molar-refractivity contribution >= 4 is 54.4 Å². The number of carbonyl (C=O) groups is 2. The van der Waals surface area contributed by atoms with Gasteiger partial charge in [0.15, 0.2) is 11.6 Å². The maximum absolute atomic E-state index is 11.7. The Bertz CT molecular complexity index is 3380. The molecule has 0 aliphatic heterocycles. The standard InChI is InChI=1S/C27H28NS.C24H22NS.2C13H24O2.2Ir/c1-16(2)22-8-7-9-23(17(3)4)27(22)26-13-21-15-28-24(14-25(21)29-26)20-11-18(5)10-19(6)12-20;1-15(2)18-5-7-19(8-6-18)23-12-21-14-25-22(13-24(21)26-23)20-10-16(3)9-17(4)11-20;2*1-5-10(6-2)12(14)9-13(15)11(7-3)8-4;;/h7-11,13-17H,1-6H3;5-10,12-15H,1-4H3;2*9-11,14H,5-8H2,1-4H3;;/q2*-1;;;;. The smallest absolute Gasteiger partial charge is 0.162 e. The van der Waals surface area contributed by atoms with E-state index in [1.54, 1.807) is 0 Å². The molecule has 8 aromatic rings. The van der Waals surface area contributed by atoms with Crippen molar-refractivity contribution in [1.82, 2.24) is 9.97 Å². The molecule has 0 spiro atoms. The second kappa shape index (κ2) is 37.1. The summed E-state index contributed by atoms with van der Waals surface area (Å²) in [6.45, 7) is 38.2. The second-order valence-electron chi connectivity index (χ2n) is 23.8. The van der Waals surface area contributed by atoms with E-state index in [2.05, 4.69) is 177 Å². The molecule has 0 aliphatic carbocycles. The van der Waals surface area contributed by atoms with E-state index in [4.69, 9.17) is 4.98 Å². The Labute approximate surface area is 559 Å². The number of aryl methyl sites for hydroxylation is 4. The number of thiophene rings is 2. The summed E-state index contributed by atoms with van der Waals surface area (Å²) in [6.07, 6.45) is 13.8. The summed E-state index contributed by atoms with van der Waals surface area (Å²) in [5.41, 5.74) is 15.9. The quantitative estimate of drug-likeness (QED) is 0.0422. The Morgan fingerprint density at radius 2 is 0.851 bits per heavy atom. The van der Waals surface area contributed by atoms with Gasteiger partial charge in [-0.3, -0.25) is 9.59 Å². The van der Waals surface area contributed by atoms with Crippen LogP contribution >= 0.6 is 22.7 Å². The van der Waals surface area contributed by atoms with E-state index >= 15 is 0 Å². The van der Waals surface area contributed by atoms with Crippen LogP contribution in [0.15, 0.2) is 127 Å². The number of hydrogen-bond donors (Lipinski definition) is 2. The summed E-state index contributed by atoms with van der Waals surface area (Å²) in [7, 11) is 0. The Morgan fingerprint density at radius 1 is 0.483 bits per heavy atom. The summed E-state index contributed by atoms with van der Waals surface area (Å²) < 4.78 is 2.55. The van der Waals surface area contributed by atoms with Gasteiger partial charge in [0.2, 0.25) is 0 Å². The number of fused-ring (bicyclic) bond motifs is 2. The molecule has 2 N–H and O–H groups in total. The molecule has 0 atom stereocenters. The van der Waals surface area contributed by atoms with Crippen LogP contribution in [0.25, 0.3) is 63.6 Å². The molecule has 0 bridgehead atoms. The number of rotatable bonds is 21. The number of pyridine rings is 2. The Morgan fingerprint density at radius 3 is 1.20 bits per heavy atom. The fraction of sp³-hybridized carbons (Fsp3) is 0.429. The zero-order valence-electron chi connectivity index (χ0n) is 55.3. The molecule has 0 saturated carbocycles. The number of ketones is 2. The van der Waals surface area contributed by atoms with Gasteiger partial charge in [0.05, 0.1) is 11.5 Å². The molecule has 0 unspecified atom stereocenters. The van der Waals surface area contributed by atoms with Crippen LogP contribution in [0.3, 0.4) is 0 Å². The summed E-state index contributed by atoms with van der Waals surface area (Å²) in [6, 6.07) is 40.2. The zero-order chi connectivity index (χ0) is 62.7. The number of hydrogen-bond acceptors (Lipinski definition) is 8. The summed E-state index contributed by atoms with van der Waals surface area (Å²) in [5, 5.41) is 21.9. The molecule has 8 rings (SSSR count). The molecule has 472 valence electrons. The number of aliphatic hydroxyl groups is 2. The number of benzene rings is 4. The number of aliphatic hydroxyl groups excluding tert-OH is 2. The summed E-state index contributed by atoms with van der Waals surface area (Å²) in [4.78, 5) is 35.5. The second-order valence-corrected chi connectivity index (χ2v) is 26.0. The van der Waals surface area contributed by atoms with Gasteiger partial charge in [-0.05, 0) is 120 Å². The zero-order valence-corrected chi connectivity index (χ0v) is 61.7. The van der Waals surface area contributed by atoms with Gasteiger partial charge in [-0.15, -0.1) is 92.5 Å². The van der Waals surface area contributed by atoms with Crippen LogP contribution in [0, 0.1) is 63.5 Å². The molecule has 10 heteroatoms. The number of nitrogens with zero attached hydrogens (tertiary/aromatic N) is 2. The molecule has 0 amide bonds. The van der Waals surface area contributed by atoms with Crippen molar-refractivity contribution in [3.8, 4) is 43.4 Å². The third-order valence-electron chi connectivity index (χ3n) is 16.3. The van der Waals surface area contributed by atoms with Crippen LogP contribution in [0.1, 0.15) is 205 Å². The predicted octanol–water partition coefficient (Wildman–Crippen LogP) is 23.2. The first-order valence-electron chi connectivity index (χ1n) is 31.5. The fourth-order valence-corrected chi connectivity index (χ4v) is 13.2. The molecular formula is C77H98Ir2N2O4S2-2. The minimum Gasteiger partial charge on any atom is -0.512 e. The van der Waals surface area contributed by atoms with Crippen molar-refractivity contribution in [2.45, 2.75) is 194 Å². The van der Waals surface area contributed by atoms with Crippen molar-refractivity contribution in [3.05, 3.63) is 178 Å². The van der Waals surface area contributed by atoms with Crippen molar-refractivity contribution in [3.63, 3.8) is 0 Å². The maximum Gasteiger partial charge on any atom is 0.162 e. The van der Waals surface area contributed by atoms with Gasteiger partial charge in [0.25, 0.3) is 0 Å². The van der Waals surface area contributed by atoms with Crippen LogP contribution in [-0.4, -0.2) is 31.7 Å².